The first-order valence-electron chi connectivity index (χ1n) is 5.74. The summed E-state index contributed by atoms with van der Waals surface area (Å²) in [5.74, 6) is -0.826. The molecule has 0 heterocycles. The van der Waals surface area contributed by atoms with E-state index in [-0.39, 0.29) is 27.6 Å². The van der Waals surface area contributed by atoms with E-state index in [4.69, 9.17) is 23.2 Å². The number of halogens is 4. The van der Waals surface area contributed by atoms with Crippen molar-refractivity contribution >= 4 is 34.8 Å². The van der Waals surface area contributed by atoms with E-state index in [1.807, 2.05) is 0 Å². The first kappa shape index (κ1) is 16.9. The van der Waals surface area contributed by atoms with Gasteiger partial charge < -0.3 is 15.4 Å². The summed E-state index contributed by atoms with van der Waals surface area (Å²) in [6, 6.07) is 2.60. The highest BCUT2D eigenvalue weighted by Crippen LogP contribution is 2.37. The van der Waals surface area contributed by atoms with Gasteiger partial charge in [0.25, 0.3) is 0 Å². The number of carbonyl (C=O) groups is 1. The van der Waals surface area contributed by atoms with E-state index in [1.54, 1.807) is 14.0 Å². The summed E-state index contributed by atoms with van der Waals surface area (Å²) in [7, 11) is 1.73. The molecule has 0 fully saturated rings. The molecule has 0 spiro atoms. The van der Waals surface area contributed by atoms with Crippen molar-refractivity contribution in [1.29, 1.82) is 0 Å². The number of nitrogens with one attached hydrogen (secondary N) is 2. The molecule has 0 saturated carbocycles. The third-order valence-electron chi connectivity index (χ3n) is 2.43. The minimum atomic E-state index is -3.03. The van der Waals surface area contributed by atoms with Gasteiger partial charge in [-0.3, -0.25) is 4.79 Å². The Morgan fingerprint density at radius 2 is 1.90 bits per heavy atom. The number of amides is 1. The molecule has 1 aromatic rings. The molecule has 0 radical (unpaired) electrons. The van der Waals surface area contributed by atoms with Gasteiger partial charge in [0.1, 0.15) is 0 Å². The molecule has 1 atom stereocenters. The van der Waals surface area contributed by atoms with Crippen molar-refractivity contribution in [1.82, 2.24) is 5.32 Å². The van der Waals surface area contributed by atoms with Crippen molar-refractivity contribution in [3.63, 3.8) is 0 Å². The highest BCUT2D eigenvalue weighted by molar-refractivity contribution is 6.37. The van der Waals surface area contributed by atoms with E-state index in [0.29, 0.717) is 12.2 Å². The lowest BCUT2D eigenvalue weighted by Gasteiger charge is -2.14. The van der Waals surface area contributed by atoms with Crippen LogP contribution in [0.3, 0.4) is 0 Å². The fourth-order valence-electron chi connectivity index (χ4n) is 1.50. The van der Waals surface area contributed by atoms with Crippen LogP contribution in [0.4, 0.5) is 14.5 Å². The van der Waals surface area contributed by atoms with E-state index in [9.17, 15) is 13.6 Å². The Bertz CT molecular complexity index is 464. The van der Waals surface area contributed by atoms with Crippen molar-refractivity contribution in [2.75, 3.05) is 18.9 Å². The van der Waals surface area contributed by atoms with Gasteiger partial charge in [-0.05, 0) is 19.2 Å². The van der Waals surface area contributed by atoms with Gasteiger partial charge in [0.15, 0.2) is 5.75 Å². The number of benzene rings is 1. The zero-order valence-corrected chi connectivity index (χ0v) is 12.4. The van der Waals surface area contributed by atoms with Gasteiger partial charge in [-0.1, -0.05) is 30.1 Å². The Morgan fingerprint density at radius 1 is 1.35 bits per heavy atom. The topological polar surface area (TPSA) is 50.4 Å². The van der Waals surface area contributed by atoms with Gasteiger partial charge >= 0.3 is 6.61 Å². The molecular weight excluding hydrogens is 313 g/mol. The minimum absolute atomic E-state index is 0.102. The van der Waals surface area contributed by atoms with Crippen molar-refractivity contribution in [2.24, 2.45) is 5.92 Å². The molecule has 1 unspecified atom stereocenters. The molecule has 0 bridgehead atoms. The Balaban J connectivity index is 2.86. The SMILES string of the molecule is CNCC(C)C(=O)Nc1cc(Cl)c(OC(F)F)c(Cl)c1. The van der Waals surface area contributed by atoms with E-state index < -0.39 is 6.61 Å². The Morgan fingerprint density at radius 3 is 2.35 bits per heavy atom. The average Bonchev–Trinajstić information content (AvgIpc) is 2.34. The maximum Gasteiger partial charge on any atom is 0.387 e. The molecule has 20 heavy (non-hydrogen) atoms. The number of hydrogen-bond acceptors (Lipinski definition) is 3. The van der Waals surface area contributed by atoms with Crippen LogP contribution in [0.5, 0.6) is 5.75 Å². The maximum absolute atomic E-state index is 12.2. The summed E-state index contributed by atoms with van der Waals surface area (Å²) in [5.41, 5.74) is 0.314. The van der Waals surface area contributed by atoms with Crippen molar-refractivity contribution < 1.29 is 18.3 Å². The summed E-state index contributed by atoms with van der Waals surface area (Å²) in [6.45, 7) is -0.787. The van der Waals surface area contributed by atoms with Gasteiger partial charge in [-0.2, -0.15) is 8.78 Å². The number of ether oxygens (including phenoxy) is 1. The van der Waals surface area contributed by atoms with E-state index in [2.05, 4.69) is 15.4 Å². The van der Waals surface area contributed by atoms with Gasteiger partial charge in [-0.25, -0.2) is 0 Å². The maximum atomic E-state index is 12.2. The zero-order chi connectivity index (χ0) is 15.3. The quantitative estimate of drug-likeness (QED) is 0.842. The number of anilines is 1. The molecule has 1 amide bonds. The third kappa shape index (κ3) is 4.77. The number of carbonyl (C=O) groups excluding carboxylic acids is 1. The van der Waals surface area contributed by atoms with Crippen molar-refractivity contribution in [3.8, 4) is 5.75 Å². The number of hydrogen-bond donors (Lipinski definition) is 2. The predicted octanol–water partition coefficient (Wildman–Crippen LogP) is 3.39. The molecular formula is C12H14Cl2F2N2O2. The Hall–Kier alpha value is -1.11. The summed E-state index contributed by atoms with van der Waals surface area (Å²) >= 11 is 11.6. The first-order valence-corrected chi connectivity index (χ1v) is 6.50. The minimum Gasteiger partial charge on any atom is -0.432 e. The summed E-state index contributed by atoms with van der Waals surface area (Å²) in [5, 5.41) is 5.26. The lowest BCUT2D eigenvalue weighted by Crippen LogP contribution is -2.28. The molecule has 1 rings (SSSR count). The highest BCUT2D eigenvalue weighted by atomic mass is 35.5. The Kier molecular flexibility index (Phi) is 6.45. The molecule has 0 aliphatic carbocycles. The largest absolute Gasteiger partial charge is 0.432 e. The van der Waals surface area contributed by atoms with Crippen molar-refractivity contribution in [2.45, 2.75) is 13.5 Å². The number of rotatable bonds is 6. The fraction of sp³-hybridized carbons (Fsp3) is 0.417. The van der Waals surface area contributed by atoms with Crippen LogP contribution >= 0.6 is 23.2 Å². The average molecular weight is 327 g/mol. The molecule has 4 nitrogen and oxygen atoms in total. The first-order chi connectivity index (χ1) is 9.35. The third-order valence-corrected chi connectivity index (χ3v) is 2.99. The molecule has 0 aliphatic heterocycles. The van der Waals surface area contributed by atoms with Crippen molar-refractivity contribution in [3.05, 3.63) is 22.2 Å². The second-order valence-corrected chi connectivity index (χ2v) is 4.91. The van der Waals surface area contributed by atoms with Crippen LogP contribution < -0.4 is 15.4 Å². The van der Waals surface area contributed by atoms with E-state index >= 15 is 0 Å². The second-order valence-electron chi connectivity index (χ2n) is 4.10. The molecule has 0 aliphatic rings. The monoisotopic (exact) mass is 326 g/mol. The Labute approximate surface area is 125 Å². The fourth-order valence-corrected chi connectivity index (χ4v) is 2.07. The van der Waals surface area contributed by atoms with Crippen LogP contribution in [0, 0.1) is 5.92 Å². The lowest BCUT2D eigenvalue weighted by atomic mass is 10.1. The normalized spacial score (nSPS) is 12.3. The van der Waals surface area contributed by atoms with Crippen LogP contribution in [-0.2, 0) is 4.79 Å². The van der Waals surface area contributed by atoms with Crippen LogP contribution in [0.1, 0.15) is 6.92 Å². The van der Waals surface area contributed by atoms with Crippen LogP contribution in [0.15, 0.2) is 12.1 Å². The highest BCUT2D eigenvalue weighted by Gasteiger charge is 2.17. The van der Waals surface area contributed by atoms with Crippen LogP contribution in [0.25, 0.3) is 0 Å². The van der Waals surface area contributed by atoms with E-state index in [1.165, 1.54) is 12.1 Å². The smallest absolute Gasteiger partial charge is 0.387 e. The van der Waals surface area contributed by atoms with Crippen LogP contribution in [-0.4, -0.2) is 26.1 Å². The predicted molar refractivity (Wildman–Crippen MR) is 74.8 cm³/mol. The standard InChI is InChI=1S/C12H14Cl2F2N2O2/c1-6(5-17-2)11(19)18-7-3-8(13)10(9(14)4-7)20-12(15)16/h3-4,6,12,17H,5H2,1-2H3,(H,18,19). The lowest BCUT2D eigenvalue weighted by molar-refractivity contribution is -0.119. The van der Waals surface area contributed by atoms with Gasteiger partial charge in [0, 0.05) is 18.2 Å². The molecule has 0 saturated heterocycles. The second kappa shape index (κ2) is 7.61. The van der Waals surface area contributed by atoms with Gasteiger partial charge in [0.2, 0.25) is 5.91 Å². The van der Waals surface area contributed by atoms with Gasteiger partial charge in [0.05, 0.1) is 10.0 Å². The molecule has 2 N–H and O–H groups in total. The van der Waals surface area contributed by atoms with Crippen LogP contribution in [0.2, 0.25) is 10.0 Å². The van der Waals surface area contributed by atoms with Gasteiger partial charge in [-0.15, -0.1) is 0 Å². The summed E-state index contributed by atoms with van der Waals surface area (Å²) < 4.78 is 28.5. The summed E-state index contributed by atoms with van der Waals surface area (Å²) in [4.78, 5) is 11.8. The molecule has 8 heteroatoms. The zero-order valence-electron chi connectivity index (χ0n) is 10.8. The van der Waals surface area contributed by atoms with E-state index in [0.717, 1.165) is 0 Å². The summed E-state index contributed by atoms with van der Waals surface area (Å²) in [6.07, 6.45) is 0. The molecule has 112 valence electrons. The number of alkyl halides is 2. The molecule has 1 aromatic carbocycles. The molecule has 0 aromatic heterocycles.